The first kappa shape index (κ1) is 9.52. The van der Waals surface area contributed by atoms with E-state index >= 15 is 0 Å². The Kier molecular flexibility index (Phi) is 2.54. The van der Waals surface area contributed by atoms with Gasteiger partial charge in [-0.05, 0) is 19.1 Å². The Morgan fingerprint density at radius 1 is 1.20 bits per heavy atom. The molecule has 0 radical (unpaired) electrons. The van der Waals surface area contributed by atoms with Crippen molar-refractivity contribution in [2.24, 2.45) is 0 Å². The van der Waals surface area contributed by atoms with E-state index in [2.05, 4.69) is 4.98 Å². The van der Waals surface area contributed by atoms with Crippen molar-refractivity contribution in [3.63, 3.8) is 0 Å². The molecule has 1 aromatic carbocycles. The van der Waals surface area contributed by atoms with E-state index in [1.165, 1.54) is 6.07 Å². The fourth-order valence-corrected chi connectivity index (χ4v) is 1.20. The van der Waals surface area contributed by atoms with Crippen LogP contribution in [-0.4, -0.2) is 4.98 Å². The quantitative estimate of drug-likeness (QED) is 0.811. The van der Waals surface area contributed by atoms with Crippen molar-refractivity contribution in [2.75, 3.05) is 0 Å². The van der Waals surface area contributed by atoms with Crippen molar-refractivity contribution in [3.8, 4) is 11.6 Å². The van der Waals surface area contributed by atoms with Crippen LogP contribution in [0.2, 0.25) is 0 Å². The van der Waals surface area contributed by atoms with Gasteiger partial charge in [-0.25, -0.2) is 0 Å². The Hall–Kier alpha value is -2.03. The summed E-state index contributed by atoms with van der Waals surface area (Å²) in [5.41, 5.74) is 0.648. The normalized spacial score (nSPS) is 9.93. The first-order valence-corrected chi connectivity index (χ1v) is 4.68. The number of aromatic nitrogens is 1. The standard InChI is InChI=1S/C12H11NO2/c1-9-8-13-12(7-11(9)14)15-10-5-3-2-4-6-10/h2-8H,1H3,(H,13,14). The Morgan fingerprint density at radius 3 is 2.60 bits per heavy atom. The van der Waals surface area contributed by atoms with Crippen molar-refractivity contribution in [1.82, 2.24) is 4.98 Å². The number of nitrogens with one attached hydrogen (secondary N) is 1. The number of rotatable bonds is 2. The van der Waals surface area contributed by atoms with Crippen LogP contribution in [0.25, 0.3) is 0 Å². The van der Waals surface area contributed by atoms with Gasteiger partial charge in [0.15, 0.2) is 5.43 Å². The number of pyridine rings is 1. The molecule has 0 unspecified atom stereocenters. The van der Waals surface area contributed by atoms with Crippen molar-refractivity contribution in [3.05, 3.63) is 58.4 Å². The van der Waals surface area contributed by atoms with Gasteiger partial charge in [-0.2, -0.15) is 0 Å². The van der Waals surface area contributed by atoms with E-state index in [9.17, 15) is 4.79 Å². The molecular formula is C12H11NO2. The van der Waals surface area contributed by atoms with E-state index in [0.29, 0.717) is 17.2 Å². The Labute approximate surface area is 87.3 Å². The van der Waals surface area contributed by atoms with E-state index in [1.54, 1.807) is 13.1 Å². The molecule has 0 spiro atoms. The second kappa shape index (κ2) is 4.00. The molecule has 0 saturated heterocycles. The number of para-hydroxylation sites is 1. The number of ether oxygens (including phenoxy) is 1. The van der Waals surface area contributed by atoms with Gasteiger partial charge in [-0.3, -0.25) is 4.79 Å². The zero-order chi connectivity index (χ0) is 10.7. The van der Waals surface area contributed by atoms with Crippen LogP contribution in [0, 0.1) is 6.92 Å². The summed E-state index contributed by atoms with van der Waals surface area (Å²) in [6.07, 6.45) is 1.64. The van der Waals surface area contributed by atoms with Crippen LogP contribution < -0.4 is 10.2 Å². The predicted molar refractivity (Wildman–Crippen MR) is 58.3 cm³/mol. The highest BCUT2D eigenvalue weighted by atomic mass is 16.5. The minimum absolute atomic E-state index is 0.0281. The van der Waals surface area contributed by atoms with Crippen molar-refractivity contribution >= 4 is 0 Å². The van der Waals surface area contributed by atoms with Crippen molar-refractivity contribution in [1.29, 1.82) is 0 Å². The lowest BCUT2D eigenvalue weighted by Crippen LogP contribution is -2.04. The Morgan fingerprint density at radius 2 is 1.93 bits per heavy atom. The number of aryl methyl sites for hydroxylation is 1. The molecule has 0 bridgehead atoms. The van der Waals surface area contributed by atoms with Gasteiger partial charge in [0, 0.05) is 17.8 Å². The van der Waals surface area contributed by atoms with Gasteiger partial charge >= 0.3 is 0 Å². The maximum Gasteiger partial charge on any atom is 0.201 e. The zero-order valence-electron chi connectivity index (χ0n) is 8.36. The third-order valence-electron chi connectivity index (χ3n) is 2.05. The van der Waals surface area contributed by atoms with Crippen molar-refractivity contribution in [2.45, 2.75) is 6.92 Å². The van der Waals surface area contributed by atoms with Crippen LogP contribution in [0.1, 0.15) is 5.56 Å². The second-order valence-electron chi connectivity index (χ2n) is 3.26. The van der Waals surface area contributed by atoms with Crippen LogP contribution in [0.4, 0.5) is 0 Å². The van der Waals surface area contributed by atoms with Gasteiger partial charge in [0.2, 0.25) is 5.88 Å². The maximum absolute atomic E-state index is 11.3. The number of benzene rings is 1. The highest BCUT2D eigenvalue weighted by Crippen LogP contribution is 2.16. The van der Waals surface area contributed by atoms with Gasteiger partial charge < -0.3 is 9.72 Å². The molecule has 2 aromatic rings. The predicted octanol–water partition coefficient (Wildman–Crippen LogP) is 2.48. The molecule has 0 aliphatic heterocycles. The molecule has 3 nitrogen and oxygen atoms in total. The third kappa shape index (κ3) is 2.26. The molecule has 3 heteroatoms. The van der Waals surface area contributed by atoms with Gasteiger partial charge in [-0.15, -0.1) is 0 Å². The summed E-state index contributed by atoms with van der Waals surface area (Å²) >= 11 is 0. The van der Waals surface area contributed by atoms with E-state index in [4.69, 9.17) is 4.74 Å². The van der Waals surface area contributed by atoms with Gasteiger partial charge in [0.25, 0.3) is 0 Å². The summed E-state index contributed by atoms with van der Waals surface area (Å²) in [5.74, 6) is 1.16. The van der Waals surface area contributed by atoms with E-state index in [1.807, 2.05) is 30.3 Å². The summed E-state index contributed by atoms with van der Waals surface area (Å²) in [5, 5.41) is 0. The number of aromatic amines is 1. The average Bonchev–Trinajstić information content (AvgIpc) is 2.25. The summed E-state index contributed by atoms with van der Waals surface area (Å²) in [6.45, 7) is 1.76. The van der Waals surface area contributed by atoms with Crippen LogP contribution >= 0.6 is 0 Å². The molecule has 0 aliphatic rings. The zero-order valence-corrected chi connectivity index (χ0v) is 8.36. The maximum atomic E-state index is 11.3. The minimum Gasteiger partial charge on any atom is -0.441 e. The lowest BCUT2D eigenvalue weighted by atomic mass is 10.3. The number of hydrogen-bond acceptors (Lipinski definition) is 2. The van der Waals surface area contributed by atoms with Gasteiger partial charge in [0.1, 0.15) is 5.75 Å². The van der Waals surface area contributed by atoms with Crippen molar-refractivity contribution < 1.29 is 4.74 Å². The number of H-pyrrole nitrogens is 1. The van der Waals surface area contributed by atoms with E-state index in [0.717, 1.165) is 0 Å². The Bertz CT molecular complexity index is 503. The van der Waals surface area contributed by atoms with Crippen LogP contribution in [0.15, 0.2) is 47.4 Å². The summed E-state index contributed by atoms with van der Waals surface area (Å²) in [7, 11) is 0. The lowest BCUT2D eigenvalue weighted by Gasteiger charge is -2.04. The monoisotopic (exact) mass is 201 g/mol. The third-order valence-corrected chi connectivity index (χ3v) is 2.05. The summed E-state index contributed by atoms with van der Waals surface area (Å²) in [4.78, 5) is 14.2. The van der Waals surface area contributed by atoms with Crippen LogP contribution in [0.5, 0.6) is 11.6 Å². The average molecular weight is 201 g/mol. The first-order chi connectivity index (χ1) is 7.25. The molecule has 76 valence electrons. The first-order valence-electron chi connectivity index (χ1n) is 4.68. The Balaban J connectivity index is 2.26. The fraction of sp³-hybridized carbons (Fsp3) is 0.0833. The lowest BCUT2D eigenvalue weighted by molar-refractivity contribution is 0.462. The summed E-state index contributed by atoms with van der Waals surface area (Å²) in [6, 6.07) is 10.8. The van der Waals surface area contributed by atoms with Gasteiger partial charge in [0.05, 0.1) is 0 Å². The number of hydrogen-bond donors (Lipinski definition) is 1. The molecule has 1 N–H and O–H groups in total. The molecule has 1 heterocycles. The molecule has 2 rings (SSSR count). The molecule has 0 saturated carbocycles. The van der Waals surface area contributed by atoms with Crippen LogP contribution in [0.3, 0.4) is 0 Å². The van der Waals surface area contributed by atoms with E-state index < -0.39 is 0 Å². The minimum atomic E-state index is -0.0281. The SMILES string of the molecule is Cc1c[nH]c(Oc2ccccc2)cc1=O. The highest BCUT2D eigenvalue weighted by Gasteiger charge is 1.98. The molecule has 0 aliphatic carbocycles. The largest absolute Gasteiger partial charge is 0.441 e. The molecule has 0 fully saturated rings. The molecule has 0 atom stereocenters. The van der Waals surface area contributed by atoms with Crippen LogP contribution in [-0.2, 0) is 0 Å². The smallest absolute Gasteiger partial charge is 0.201 e. The molecule has 0 amide bonds. The summed E-state index contributed by atoms with van der Waals surface area (Å²) < 4.78 is 5.46. The molecular weight excluding hydrogens is 190 g/mol. The van der Waals surface area contributed by atoms with E-state index in [-0.39, 0.29) is 5.43 Å². The van der Waals surface area contributed by atoms with Gasteiger partial charge in [-0.1, -0.05) is 18.2 Å². The molecule has 1 aromatic heterocycles. The second-order valence-corrected chi connectivity index (χ2v) is 3.26. The highest BCUT2D eigenvalue weighted by molar-refractivity contribution is 5.27. The molecule has 15 heavy (non-hydrogen) atoms. The fourth-order valence-electron chi connectivity index (χ4n) is 1.20. The topological polar surface area (TPSA) is 42.1 Å².